The Bertz CT molecular complexity index is 1030. The lowest BCUT2D eigenvalue weighted by atomic mass is 10.2. The van der Waals surface area contributed by atoms with E-state index >= 15 is 0 Å². The van der Waals surface area contributed by atoms with Gasteiger partial charge < -0.3 is 0 Å². The van der Waals surface area contributed by atoms with Gasteiger partial charge in [0.05, 0.1) is 16.3 Å². The van der Waals surface area contributed by atoms with Gasteiger partial charge in [-0.25, -0.2) is 9.37 Å². The monoisotopic (exact) mass is 394 g/mol. The first kappa shape index (κ1) is 17.8. The Labute approximate surface area is 164 Å². The third-order valence-corrected chi connectivity index (χ3v) is 6.04. The molecule has 4 aromatic rings. The van der Waals surface area contributed by atoms with Crippen LogP contribution >= 0.6 is 23.1 Å². The largest absolute Gasteiger partial charge is 0.260 e. The number of benzene rings is 1. The van der Waals surface area contributed by atoms with Gasteiger partial charge in [-0.15, -0.1) is 21.5 Å². The smallest absolute Gasteiger partial charge is 0.124 e. The highest BCUT2D eigenvalue weighted by Crippen LogP contribution is 2.34. The number of pyridine rings is 1. The fraction of sp³-hybridized carbons (Fsp3) is 0.100. The highest BCUT2D eigenvalue weighted by Gasteiger charge is 2.13. The second-order valence-electron chi connectivity index (χ2n) is 5.81. The molecule has 4 rings (SSSR count). The molecule has 3 aromatic heterocycles. The molecule has 1 aromatic carbocycles. The molecule has 27 heavy (non-hydrogen) atoms. The lowest BCUT2D eigenvalue weighted by Crippen LogP contribution is -1.91. The number of rotatable bonds is 5. The van der Waals surface area contributed by atoms with E-state index in [1.54, 1.807) is 30.1 Å². The highest BCUT2D eigenvalue weighted by molar-refractivity contribution is 7.98. The van der Waals surface area contributed by atoms with Gasteiger partial charge in [0.2, 0.25) is 0 Å². The molecule has 0 N–H and O–H groups in total. The Balaban J connectivity index is 1.51. The molecular formula is C20H15FN4S2. The first-order valence-corrected chi connectivity index (χ1v) is 10.1. The molecule has 0 radical (unpaired) electrons. The number of aryl methyl sites for hydroxylation is 1. The summed E-state index contributed by atoms with van der Waals surface area (Å²) in [5.74, 6) is 0.500. The molecule has 0 atom stereocenters. The zero-order chi connectivity index (χ0) is 18.6. The summed E-state index contributed by atoms with van der Waals surface area (Å²) in [5.41, 5.74) is 3.59. The molecule has 4 nitrogen and oxygen atoms in total. The van der Waals surface area contributed by atoms with Crippen LogP contribution in [-0.2, 0) is 5.75 Å². The Morgan fingerprint density at radius 1 is 1.00 bits per heavy atom. The van der Waals surface area contributed by atoms with E-state index in [-0.39, 0.29) is 5.82 Å². The molecule has 0 amide bonds. The Morgan fingerprint density at radius 3 is 2.56 bits per heavy atom. The number of aromatic nitrogens is 4. The molecule has 0 spiro atoms. The summed E-state index contributed by atoms with van der Waals surface area (Å²) in [6.45, 7) is 1.95. The third kappa shape index (κ3) is 4.20. The molecule has 0 aliphatic heterocycles. The van der Waals surface area contributed by atoms with Crippen molar-refractivity contribution >= 4 is 23.1 Å². The van der Waals surface area contributed by atoms with Crippen molar-refractivity contribution < 1.29 is 4.39 Å². The maximum absolute atomic E-state index is 13.1. The summed E-state index contributed by atoms with van der Waals surface area (Å²) >= 11 is 3.14. The lowest BCUT2D eigenvalue weighted by molar-refractivity contribution is 0.628. The summed E-state index contributed by atoms with van der Waals surface area (Å²) in [6.07, 6.45) is 1.79. The van der Waals surface area contributed by atoms with Crippen molar-refractivity contribution in [2.24, 2.45) is 0 Å². The average Bonchev–Trinajstić information content (AvgIpc) is 3.10. The second kappa shape index (κ2) is 7.94. The number of thioether (sulfide) groups is 1. The summed E-state index contributed by atoms with van der Waals surface area (Å²) in [7, 11) is 0. The van der Waals surface area contributed by atoms with Crippen LogP contribution in [0.25, 0.3) is 21.1 Å². The summed E-state index contributed by atoms with van der Waals surface area (Å²) in [5, 5.41) is 10.4. The van der Waals surface area contributed by atoms with Gasteiger partial charge in [-0.05, 0) is 55.5 Å². The summed E-state index contributed by atoms with van der Waals surface area (Å²) in [6, 6.07) is 16.2. The fourth-order valence-corrected chi connectivity index (χ4v) is 4.27. The van der Waals surface area contributed by atoms with Crippen molar-refractivity contribution in [2.45, 2.75) is 17.7 Å². The number of nitrogens with zero attached hydrogens (tertiary/aromatic N) is 4. The van der Waals surface area contributed by atoms with Crippen LogP contribution in [0.15, 0.2) is 65.8 Å². The number of thiazole rings is 1. The number of halogens is 1. The molecule has 0 bridgehead atoms. The highest BCUT2D eigenvalue weighted by atomic mass is 32.2. The fourth-order valence-electron chi connectivity index (χ4n) is 2.50. The molecule has 134 valence electrons. The van der Waals surface area contributed by atoms with E-state index in [4.69, 9.17) is 0 Å². The van der Waals surface area contributed by atoms with Crippen LogP contribution in [-0.4, -0.2) is 20.2 Å². The molecule has 7 heteroatoms. The molecule has 0 aliphatic rings. The van der Waals surface area contributed by atoms with Gasteiger partial charge in [0.25, 0.3) is 0 Å². The Hall–Kier alpha value is -2.64. The SMILES string of the molecule is Cc1nc(-c2ccc(F)cc2)sc1-c1ccc(SCc2ccccn2)nn1. The van der Waals surface area contributed by atoms with Gasteiger partial charge in [0.15, 0.2) is 0 Å². The minimum absolute atomic E-state index is 0.253. The van der Waals surface area contributed by atoms with Gasteiger partial charge in [0.1, 0.15) is 21.5 Å². The van der Waals surface area contributed by atoms with E-state index in [1.807, 2.05) is 37.3 Å². The van der Waals surface area contributed by atoms with Crippen molar-refractivity contribution in [2.75, 3.05) is 0 Å². The van der Waals surface area contributed by atoms with Gasteiger partial charge in [0, 0.05) is 17.5 Å². The molecule has 3 heterocycles. The standard InChI is InChI=1S/C20H15FN4S2/c1-13-19(27-20(23-13)14-5-7-15(21)8-6-14)17-9-10-18(25-24-17)26-12-16-4-2-3-11-22-16/h2-11H,12H2,1H3. The van der Waals surface area contributed by atoms with Crippen LogP contribution in [0.2, 0.25) is 0 Å². The maximum atomic E-state index is 13.1. The quantitative estimate of drug-likeness (QED) is 0.424. The van der Waals surface area contributed by atoms with Crippen molar-refractivity contribution in [3.05, 3.63) is 78.0 Å². The zero-order valence-corrected chi connectivity index (χ0v) is 16.1. The number of hydrogen-bond acceptors (Lipinski definition) is 6. The minimum atomic E-state index is -0.253. The molecule has 0 unspecified atom stereocenters. The second-order valence-corrected chi connectivity index (χ2v) is 7.80. The van der Waals surface area contributed by atoms with Gasteiger partial charge in [-0.3, -0.25) is 4.98 Å². The van der Waals surface area contributed by atoms with Crippen LogP contribution in [0.3, 0.4) is 0 Å². The zero-order valence-electron chi connectivity index (χ0n) is 14.5. The van der Waals surface area contributed by atoms with Crippen molar-refractivity contribution in [1.82, 2.24) is 20.2 Å². The van der Waals surface area contributed by atoms with Crippen LogP contribution < -0.4 is 0 Å². The first-order valence-electron chi connectivity index (χ1n) is 8.29. The van der Waals surface area contributed by atoms with E-state index in [2.05, 4.69) is 20.2 Å². The van der Waals surface area contributed by atoms with Crippen LogP contribution in [0.4, 0.5) is 4.39 Å². The van der Waals surface area contributed by atoms with Crippen molar-refractivity contribution in [3.63, 3.8) is 0 Å². The third-order valence-electron chi connectivity index (χ3n) is 3.85. The van der Waals surface area contributed by atoms with Gasteiger partial charge in [-0.2, -0.15) is 0 Å². The van der Waals surface area contributed by atoms with E-state index in [0.29, 0.717) is 0 Å². The van der Waals surface area contributed by atoms with E-state index in [1.165, 1.54) is 23.5 Å². The summed E-state index contributed by atoms with van der Waals surface area (Å²) in [4.78, 5) is 9.88. The average molecular weight is 395 g/mol. The molecule has 0 saturated carbocycles. The Kier molecular flexibility index (Phi) is 5.22. The predicted octanol–water partition coefficient (Wildman–Crippen LogP) is 5.40. The molecular weight excluding hydrogens is 379 g/mol. The molecule has 0 aliphatic carbocycles. The predicted molar refractivity (Wildman–Crippen MR) is 107 cm³/mol. The van der Waals surface area contributed by atoms with Crippen LogP contribution in [0.5, 0.6) is 0 Å². The van der Waals surface area contributed by atoms with E-state index < -0.39 is 0 Å². The van der Waals surface area contributed by atoms with Crippen molar-refractivity contribution in [1.29, 1.82) is 0 Å². The molecule has 0 saturated heterocycles. The topological polar surface area (TPSA) is 51.6 Å². The van der Waals surface area contributed by atoms with E-state index in [9.17, 15) is 4.39 Å². The summed E-state index contributed by atoms with van der Waals surface area (Å²) < 4.78 is 13.1. The molecule has 0 fully saturated rings. The Morgan fingerprint density at radius 2 is 1.85 bits per heavy atom. The maximum Gasteiger partial charge on any atom is 0.124 e. The van der Waals surface area contributed by atoms with Gasteiger partial charge >= 0.3 is 0 Å². The lowest BCUT2D eigenvalue weighted by Gasteiger charge is -2.01. The van der Waals surface area contributed by atoms with E-state index in [0.717, 1.165) is 43.3 Å². The van der Waals surface area contributed by atoms with Crippen LogP contribution in [0, 0.1) is 12.7 Å². The first-order chi connectivity index (χ1) is 13.2. The van der Waals surface area contributed by atoms with Crippen molar-refractivity contribution in [3.8, 4) is 21.1 Å². The van der Waals surface area contributed by atoms with Gasteiger partial charge in [-0.1, -0.05) is 17.8 Å². The van der Waals surface area contributed by atoms with Crippen LogP contribution in [0.1, 0.15) is 11.4 Å². The normalized spacial score (nSPS) is 10.9. The minimum Gasteiger partial charge on any atom is -0.260 e. The number of hydrogen-bond donors (Lipinski definition) is 0.